The number of ether oxygens (including phenoxy) is 3. The van der Waals surface area contributed by atoms with Crippen LogP contribution >= 0.6 is 0 Å². The van der Waals surface area contributed by atoms with E-state index in [1.807, 2.05) is 30.3 Å². The molecule has 1 atom stereocenters. The number of methoxy groups -OCH3 is 3. The maximum absolute atomic E-state index is 12.7. The highest BCUT2D eigenvalue weighted by molar-refractivity contribution is 6.03. The summed E-state index contributed by atoms with van der Waals surface area (Å²) in [6.07, 6.45) is 0.172. The second-order valence-electron chi connectivity index (χ2n) is 6.14. The molecule has 2 aromatic rings. The summed E-state index contributed by atoms with van der Waals surface area (Å²) in [6, 6.07) is 12.7. The van der Waals surface area contributed by atoms with Crippen LogP contribution < -0.4 is 24.4 Å². The topological polar surface area (TPSA) is 77.1 Å². The van der Waals surface area contributed by atoms with E-state index < -0.39 is 5.92 Å². The average Bonchev–Trinajstić information content (AvgIpc) is 3.09. The van der Waals surface area contributed by atoms with Crippen molar-refractivity contribution in [3.05, 3.63) is 42.5 Å². The minimum absolute atomic E-state index is 0.0637. The fourth-order valence-corrected chi connectivity index (χ4v) is 3.14. The van der Waals surface area contributed by atoms with Crippen molar-refractivity contribution in [1.29, 1.82) is 0 Å². The monoisotopic (exact) mass is 370 g/mol. The molecule has 0 radical (unpaired) electrons. The minimum Gasteiger partial charge on any atom is -0.493 e. The number of nitrogens with zero attached hydrogens (tertiary/aromatic N) is 1. The van der Waals surface area contributed by atoms with Gasteiger partial charge >= 0.3 is 0 Å². The molecule has 0 unspecified atom stereocenters. The molecule has 3 rings (SSSR count). The highest BCUT2D eigenvalue weighted by atomic mass is 16.5. The first-order chi connectivity index (χ1) is 13.1. The van der Waals surface area contributed by atoms with Crippen LogP contribution in [0.3, 0.4) is 0 Å². The van der Waals surface area contributed by atoms with Gasteiger partial charge < -0.3 is 24.4 Å². The third-order valence-corrected chi connectivity index (χ3v) is 4.50. The van der Waals surface area contributed by atoms with Crippen molar-refractivity contribution in [2.45, 2.75) is 6.42 Å². The van der Waals surface area contributed by atoms with Crippen molar-refractivity contribution >= 4 is 23.2 Å². The van der Waals surface area contributed by atoms with E-state index in [0.717, 1.165) is 5.69 Å². The predicted octanol–water partition coefficient (Wildman–Crippen LogP) is 2.70. The molecule has 1 fully saturated rings. The molecule has 0 aliphatic carbocycles. The summed E-state index contributed by atoms with van der Waals surface area (Å²) >= 11 is 0. The van der Waals surface area contributed by atoms with Crippen molar-refractivity contribution in [2.24, 2.45) is 5.92 Å². The Labute approximate surface area is 157 Å². The summed E-state index contributed by atoms with van der Waals surface area (Å²) in [7, 11) is 4.54. The van der Waals surface area contributed by atoms with Crippen molar-refractivity contribution in [3.63, 3.8) is 0 Å². The van der Waals surface area contributed by atoms with Gasteiger partial charge in [0.25, 0.3) is 0 Å². The maximum Gasteiger partial charge on any atom is 0.229 e. The number of hydrogen-bond donors (Lipinski definition) is 1. The van der Waals surface area contributed by atoms with E-state index in [9.17, 15) is 9.59 Å². The van der Waals surface area contributed by atoms with Crippen LogP contribution in [0.25, 0.3) is 0 Å². The molecule has 0 saturated carbocycles. The molecule has 0 aromatic heterocycles. The molecule has 7 nitrogen and oxygen atoms in total. The summed E-state index contributed by atoms with van der Waals surface area (Å²) < 4.78 is 15.9. The highest BCUT2D eigenvalue weighted by Crippen LogP contribution is 2.40. The summed E-state index contributed by atoms with van der Waals surface area (Å²) in [5.41, 5.74) is 1.31. The number of carbonyl (C=O) groups is 2. The Morgan fingerprint density at radius 2 is 1.67 bits per heavy atom. The second kappa shape index (κ2) is 7.99. The van der Waals surface area contributed by atoms with Gasteiger partial charge in [-0.3, -0.25) is 9.59 Å². The van der Waals surface area contributed by atoms with Crippen molar-refractivity contribution in [1.82, 2.24) is 0 Å². The van der Waals surface area contributed by atoms with Crippen LogP contribution in [-0.2, 0) is 9.59 Å². The molecule has 142 valence electrons. The van der Waals surface area contributed by atoms with Crippen LogP contribution in [0.15, 0.2) is 42.5 Å². The third kappa shape index (κ3) is 3.81. The average molecular weight is 370 g/mol. The van der Waals surface area contributed by atoms with E-state index in [0.29, 0.717) is 29.5 Å². The van der Waals surface area contributed by atoms with Crippen LogP contribution in [-0.4, -0.2) is 39.7 Å². The molecule has 1 N–H and O–H groups in total. The lowest BCUT2D eigenvalue weighted by Gasteiger charge is -2.17. The SMILES string of the molecule is COc1cc(NC(=O)[C@@H]2CC(=O)N(c3ccccc3)C2)cc(OC)c1OC. The number of carbonyl (C=O) groups excluding carboxylic acids is 2. The number of para-hydroxylation sites is 1. The van der Waals surface area contributed by atoms with Gasteiger partial charge in [0, 0.05) is 36.5 Å². The first kappa shape index (κ1) is 18.6. The molecule has 0 bridgehead atoms. The standard InChI is InChI=1S/C20H22N2O5/c1-25-16-10-14(11-17(26-2)19(16)27-3)21-20(24)13-9-18(23)22(12-13)15-7-5-4-6-8-15/h4-8,10-11,13H,9,12H2,1-3H3,(H,21,24)/t13-/m1/s1. The number of rotatable bonds is 6. The molecule has 1 saturated heterocycles. The minimum atomic E-state index is -0.434. The van der Waals surface area contributed by atoms with Gasteiger partial charge in [-0.15, -0.1) is 0 Å². The molecule has 7 heteroatoms. The van der Waals surface area contributed by atoms with Gasteiger partial charge in [0.15, 0.2) is 11.5 Å². The summed E-state index contributed by atoms with van der Waals surface area (Å²) in [6.45, 7) is 0.346. The van der Waals surface area contributed by atoms with Crippen LogP contribution in [0.4, 0.5) is 11.4 Å². The molecule has 1 aliphatic rings. The van der Waals surface area contributed by atoms with E-state index in [4.69, 9.17) is 14.2 Å². The first-order valence-corrected chi connectivity index (χ1v) is 8.53. The predicted molar refractivity (Wildman–Crippen MR) is 102 cm³/mol. The van der Waals surface area contributed by atoms with Crippen LogP contribution in [0.1, 0.15) is 6.42 Å². The second-order valence-corrected chi connectivity index (χ2v) is 6.14. The van der Waals surface area contributed by atoms with Crippen LogP contribution in [0.5, 0.6) is 17.2 Å². The first-order valence-electron chi connectivity index (χ1n) is 8.53. The lowest BCUT2D eigenvalue weighted by Crippen LogP contribution is -2.28. The summed E-state index contributed by atoms with van der Waals surface area (Å²) in [5.74, 6) is 0.615. The van der Waals surface area contributed by atoms with Gasteiger partial charge in [-0.05, 0) is 12.1 Å². The molecule has 2 aromatic carbocycles. The number of anilines is 2. The molecule has 1 aliphatic heterocycles. The summed E-state index contributed by atoms with van der Waals surface area (Å²) in [4.78, 5) is 26.6. The zero-order chi connectivity index (χ0) is 19.4. The largest absolute Gasteiger partial charge is 0.493 e. The van der Waals surface area contributed by atoms with Crippen molar-refractivity contribution in [2.75, 3.05) is 38.1 Å². The number of nitrogens with one attached hydrogen (secondary N) is 1. The van der Waals surface area contributed by atoms with Gasteiger partial charge in [0.1, 0.15) is 0 Å². The number of benzene rings is 2. The Kier molecular flexibility index (Phi) is 5.49. The van der Waals surface area contributed by atoms with Gasteiger partial charge in [0.05, 0.1) is 27.2 Å². The number of amides is 2. The van der Waals surface area contributed by atoms with Gasteiger partial charge in [-0.1, -0.05) is 18.2 Å². The zero-order valence-corrected chi connectivity index (χ0v) is 15.5. The number of hydrogen-bond acceptors (Lipinski definition) is 5. The molecule has 1 heterocycles. The Balaban J connectivity index is 1.75. The van der Waals surface area contributed by atoms with Gasteiger partial charge in [-0.25, -0.2) is 0 Å². The Hall–Kier alpha value is -3.22. The van der Waals surface area contributed by atoms with Crippen LogP contribution in [0, 0.1) is 5.92 Å². The lowest BCUT2D eigenvalue weighted by atomic mass is 10.1. The van der Waals surface area contributed by atoms with E-state index >= 15 is 0 Å². The van der Waals surface area contributed by atoms with Crippen molar-refractivity contribution < 1.29 is 23.8 Å². The van der Waals surface area contributed by atoms with Crippen molar-refractivity contribution in [3.8, 4) is 17.2 Å². The zero-order valence-electron chi connectivity index (χ0n) is 15.5. The molecule has 2 amide bonds. The van der Waals surface area contributed by atoms with E-state index in [2.05, 4.69) is 5.32 Å². The normalized spacial score (nSPS) is 16.2. The highest BCUT2D eigenvalue weighted by Gasteiger charge is 2.35. The van der Waals surface area contributed by atoms with E-state index in [1.54, 1.807) is 17.0 Å². The molecular weight excluding hydrogens is 348 g/mol. The third-order valence-electron chi connectivity index (χ3n) is 4.50. The fourth-order valence-electron chi connectivity index (χ4n) is 3.14. The quantitative estimate of drug-likeness (QED) is 0.846. The molecule has 27 heavy (non-hydrogen) atoms. The Bertz CT molecular complexity index is 813. The van der Waals surface area contributed by atoms with Gasteiger partial charge in [-0.2, -0.15) is 0 Å². The molecular formula is C20H22N2O5. The van der Waals surface area contributed by atoms with E-state index in [-0.39, 0.29) is 18.2 Å². The lowest BCUT2D eigenvalue weighted by molar-refractivity contribution is -0.122. The van der Waals surface area contributed by atoms with E-state index in [1.165, 1.54) is 21.3 Å². The van der Waals surface area contributed by atoms with Crippen LogP contribution in [0.2, 0.25) is 0 Å². The van der Waals surface area contributed by atoms with Gasteiger partial charge in [0.2, 0.25) is 17.6 Å². The smallest absolute Gasteiger partial charge is 0.229 e. The Morgan fingerprint density at radius 1 is 1.04 bits per heavy atom. The molecule has 0 spiro atoms. The fraction of sp³-hybridized carbons (Fsp3) is 0.300. The summed E-state index contributed by atoms with van der Waals surface area (Å²) in [5, 5.41) is 2.84. The maximum atomic E-state index is 12.7. The Morgan fingerprint density at radius 3 is 2.22 bits per heavy atom.